The number of benzene rings is 1. The molecule has 0 fully saturated rings. The van der Waals surface area contributed by atoms with Gasteiger partial charge in [0.1, 0.15) is 0 Å². The number of primary amides is 1. The van der Waals surface area contributed by atoms with Gasteiger partial charge in [-0.15, -0.1) is 23.2 Å². The minimum Gasteiger partial charge on any atom is -0.369 e. The molecule has 1 unspecified atom stereocenters. The number of halogens is 2. The third kappa shape index (κ3) is 7.30. The lowest BCUT2D eigenvalue weighted by molar-refractivity contribution is -0.122. The summed E-state index contributed by atoms with van der Waals surface area (Å²) in [6.07, 6.45) is 1.84. The summed E-state index contributed by atoms with van der Waals surface area (Å²) in [5.74, 6) is 0.485. The predicted octanol–water partition coefficient (Wildman–Crippen LogP) is 3.71. The van der Waals surface area contributed by atoms with Crippen LogP contribution < -0.4 is 10.6 Å². The zero-order valence-corrected chi connectivity index (χ0v) is 15.1. The molecule has 0 aromatic heterocycles. The van der Waals surface area contributed by atoms with Gasteiger partial charge in [-0.25, -0.2) is 0 Å². The number of amides is 1. The SMILES string of the molecule is [N-]=[N+]=NCCCC(Cc1ccc(N(CCCl)CCCl)cc1)C(N)=O. The van der Waals surface area contributed by atoms with E-state index in [0.717, 1.165) is 24.3 Å². The van der Waals surface area contributed by atoms with Crippen molar-refractivity contribution in [1.29, 1.82) is 0 Å². The summed E-state index contributed by atoms with van der Waals surface area (Å²) in [4.78, 5) is 16.4. The minimum atomic E-state index is -0.328. The molecule has 0 spiro atoms. The summed E-state index contributed by atoms with van der Waals surface area (Å²) >= 11 is 11.6. The summed E-state index contributed by atoms with van der Waals surface area (Å²) in [5.41, 5.74) is 15.8. The van der Waals surface area contributed by atoms with Crippen molar-refractivity contribution in [3.05, 3.63) is 40.3 Å². The van der Waals surface area contributed by atoms with Crippen LogP contribution >= 0.6 is 23.2 Å². The molecule has 0 radical (unpaired) electrons. The van der Waals surface area contributed by atoms with Crippen LogP contribution in [0.15, 0.2) is 29.4 Å². The summed E-state index contributed by atoms with van der Waals surface area (Å²) in [6, 6.07) is 8.00. The summed E-state index contributed by atoms with van der Waals surface area (Å²) in [7, 11) is 0. The first-order valence-electron chi connectivity index (χ1n) is 7.88. The first kappa shape index (κ1) is 20.4. The second kappa shape index (κ2) is 11.8. The van der Waals surface area contributed by atoms with Crippen molar-refractivity contribution in [3.63, 3.8) is 0 Å². The van der Waals surface area contributed by atoms with E-state index in [1.807, 2.05) is 24.3 Å². The molecule has 0 aliphatic rings. The first-order valence-corrected chi connectivity index (χ1v) is 8.95. The number of hydrogen-bond donors (Lipinski definition) is 1. The number of hydrogen-bond acceptors (Lipinski definition) is 3. The highest BCUT2D eigenvalue weighted by molar-refractivity contribution is 6.18. The topological polar surface area (TPSA) is 95.1 Å². The van der Waals surface area contributed by atoms with Gasteiger partial charge in [0.25, 0.3) is 0 Å². The van der Waals surface area contributed by atoms with Gasteiger partial charge in [0, 0.05) is 47.9 Å². The Bertz CT molecular complexity index is 540. The molecule has 0 heterocycles. The molecule has 1 rings (SSSR count). The van der Waals surface area contributed by atoms with Crippen LogP contribution in [0.25, 0.3) is 10.4 Å². The highest BCUT2D eigenvalue weighted by Crippen LogP contribution is 2.19. The summed E-state index contributed by atoms with van der Waals surface area (Å²) in [5, 5.41) is 3.48. The average molecular weight is 372 g/mol. The molecule has 1 amide bonds. The van der Waals surface area contributed by atoms with E-state index >= 15 is 0 Å². The normalized spacial score (nSPS) is 11.6. The van der Waals surface area contributed by atoms with Crippen molar-refractivity contribution in [2.75, 3.05) is 36.3 Å². The lowest BCUT2D eigenvalue weighted by Crippen LogP contribution is -2.27. The number of alkyl halides is 2. The fourth-order valence-electron chi connectivity index (χ4n) is 2.50. The molecule has 2 N–H and O–H groups in total. The Morgan fingerprint density at radius 3 is 2.38 bits per heavy atom. The molecule has 0 aliphatic carbocycles. The van der Waals surface area contributed by atoms with E-state index in [-0.39, 0.29) is 11.8 Å². The third-order valence-electron chi connectivity index (χ3n) is 3.77. The Hall–Kier alpha value is -1.62. The number of carbonyl (C=O) groups is 1. The van der Waals surface area contributed by atoms with Gasteiger partial charge in [-0.1, -0.05) is 17.2 Å². The Morgan fingerprint density at radius 1 is 1.25 bits per heavy atom. The molecule has 1 aromatic rings. The minimum absolute atomic E-state index is 0.258. The van der Waals surface area contributed by atoms with Crippen molar-refractivity contribution in [2.45, 2.75) is 19.3 Å². The average Bonchev–Trinajstić information content (AvgIpc) is 2.58. The van der Waals surface area contributed by atoms with Crippen LogP contribution in [0, 0.1) is 5.92 Å². The molecule has 1 aromatic carbocycles. The fraction of sp³-hybridized carbons (Fsp3) is 0.562. The van der Waals surface area contributed by atoms with Crippen LogP contribution in [-0.4, -0.2) is 37.3 Å². The second-order valence-corrected chi connectivity index (χ2v) is 6.19. The van der Waals surface area contributed by atoms with E-state index in [0.29, 0.717) is 37.6 Å². The molecular formula is C16H23Cl2N5O. The van der Waals surface area contributed by atoms with Crippen LogP contribution in [0.5, 0.6) is 0 Å². The van der Waals surface area contributed by atoms with Gasteiger partial charge in [0.15, 0.2) is 0 Å². The number of anilines is 1. The highest BCUT2D eigenvalue weighted by Gasteiger charge is 2.16. The molecular weight excluding hydrogens is 349 g/mol. The van der Waals surface area contributed by atoms with Crippen molar-refractivity contribution in [1.82, 2.24) is 0 Å². The molecule has 1 atom stereocenters. The summed E-state index contributed by atoms with van der Waals surface area (Å²) in [6.45, 7) is 1.85. The largest absolute Gasteiger partial charge is 0.369 e. The van der Waals surface area contributed by atoms with Gasteiger partial charge in [-0.2, -0.15) is 0 Å². The van der Waals surface area contributed by atoms with Gasteiger partial charge in [0.2, 0.25) is 5.91 Å². The van der Waals surface area contributed by atoms with Crippen LogP contribution in [-0.2, 0) is 11.2 Å². The number of nitrogens with two attached hydrogens (primary N) is 1. The Balaban J connectivity index is 2.68. The highest BCUT2D eigenvalue weighted by atomic mass is 35.5. The fourth-order valence-corrected chi connectivity index (χ4v) is 2.91. The Morgan fingerprint density at radius 2 is 1.88 bits per heavy atom. The van der Waals surface area contributed by atoms with Gasteiger partial charge >= 0.3 is 0 Å². The molecule has 24 heavy (non-hydrogen) atoms. The quantitative estimate of drug-likeness (QED) is 0.199. The maximum atomic E-state index is 11.6. The molecule has 0 saturated heterocycles. The van der Waals surface area contributed by atoms with E-state index in [1.165, 1.54) is 0 Å². The van der Waals surface area contributed by atoms with Gasteiger partial charge in [-0.05, 0) is 42.5 Å². The molecule has 6 nitrogen and oxygen atoms in total. The molecule has 0 aliphatic heterocycles. The second-order valence-electron chi connectivity index (χ2n) is 5.43. The van der Waals surface area contributed by atoms with Crippen molar-refractivity contribution >= 4 is 34.8 Å². The van der Waals surface area contributed by atoms with Crippen molar-refractivity contribution < 1.29 is 4.79 Å². The van der Waals surface area contributed by atoms with Crippen LogP contribution in [0.4, 0.5) is 5.69 Å². The van der Waals surface area contributed by atoms with Crippen LogP contribution in [0.3, 0.4) is 0 Å². The number of azide groups is 1. The lowest BCUT2D eigenvalue weighted by Gasteiger charge is -2.23. The van der Waals surface area contributed by atoms with Gasteiger partial charge in [0.05, 0.1) is 0 Å². The zero-order chi connectivity index (χ0) is 17.8. The van der Waals surface area contributed by atoms with Gasteiger partial charge in [-0.3, -0.25) is 4.79 Å². The van der Waals surface area contributed by atoms with E-state index in [2.05, 4.69) is 14.9 Å². The summed E-state index contributed by atoms with van der Waals surface area (Å²) < 4.78 is 0. The van der Waals surface area contributed by atoms with E-state index in [1.54, 1.807) is 0 Å². The third-order valence-corrected chi connectivity index (χ3v) is 4.11. The maximum Gasteiger partial charge on any atom is 0.220 e. The van der Waals surface area contributed by atoms with Crippen LogP contribution in [0.2, 0.25) is 0 Å². The maximum absolute atomic E-state index is 11.6. The first-order chi connectivity index (χ1) is 11.6. The van der Waals surface area contributed by atoms with Gasteiger partial charge < -0.3 is 10.6 Å². The number of rotatable bonds is 12. The Labute approximate surface area is 152 Å². The monoisotopic (exact) mass is 371 g/mol. The van der Waals surface area contributed by atoms with E-state index in [4.69, 9.17) is 34.5 Å². The molecule has 132 valence electrons. The standard InChI is InChI=1S/C16H23Cl2N5O/c17-7-10-23(11-8-18)15-5-3-13(4-6-15)12-14(16(19)24)2-1-9-21-22-20/h3-6,14H,1-2,7-12H2,(H2,19,24). The smallest absolute Gasteiger partial charge is 0.220 e. The lowest BCUT2D eigenvalue weighted by atomic mass is 9.94. The predicted molar refractivity (Wildman–Crippen MR) is 99.7 cm³/mol. The van der Waals surface area contributed by atoms with Crippen molar-refractivity contribution in [2.24, 2.45) is 16.8 Å². The number of carbonyl (C=O) groups excluding carboxylic acids is 1. The van der Waals surface area contributed by atoms with Crippen LogP contribution in [0.1, 0.15) is 18.4 Å². The molecule has 0 bridgehead atoms. The molecule has 8 heteroatoms. The zero-order valence-electron chi connectivity index (χ0n) is 13.6. The van der Waals surface area contributed by atoms with E-state index in [9.17, 15) is 4.79 Å². The number of nitrogens with zero attached hydrogens (tertiary/aromatic N) is 4. The Kier molecular flexibility index (Phi) is 10.1. The molecule has 0 saturated carbocycles. The van der Waals surface area contributed by atoms with Crippen molar-refractivity contribution in [3.8, 4) is 0 Å². The van der Waals surface area contributed by atoms with E-state index < -0.39 is 0 Å².